The van der Waals surface area contributed by atoms with Gasteiger partial charge in [-0.05, 0) is 34.1 Å². The Balaban J connectivity index is 2.18. The van der Waals surface area contributed by atoms with Gasteiger partial charge in [-0.15, -0.1) is 0 Å². The molecule has 3 N–H and O–H groups in total. The number of nitrogens with one attached hydrogen (secondary N) is 1. The van der Waals surface area contributed by atoms with E-state index in [0.29, 0.717) is 10.2 Å². The van der Waals surface area contributed by atoms with Crippen LogP contribution in [0.25, 0.3) is 0 Å². The van der Waals surface area contributed by atoms with Gasteiger partial charge in [0.25, 0.3) is 0 Å². The molecule has 92 valence electrons. The zero-order valence-electron chi connectivity index (χ0n) is 9.02. The van der Waals surface area contributed by atoms with Crippen molar-refractivity contribution in [2.75, 3.05) is 0 Å². The molecule has 0 aliphatic carbocycles. The van der Waals surface area contributed by atoms with Gasteiger partial charge in [0.1, 0.15) is 23.1 Å². The highest BCUT2D eigenvalue weighted by molar-refractivity contribution is 9.10. The second kappa shape index (κ2) is 5.09. The van der Waals surface area contributed by atoms with Crippen molar-refractivity contribution in [2.45, 2.75) is 0 Å². The summed E-state index contributed by atoms with van der Waals surface area (Å²) < 4.78 is 18.7. The maximum absolute atomic E-state index is 13.0. The lowest BCUT2D eigenvalue weighted by molar-refractivity contribution is 0.457. The summed E-state index contributed by atoms with van der Waals surface area (Å²) in [6.07, 6.45) is 2.67. The number of nitrogens with two attached hydrogens (primary N) is 1. The van der Waals surface area contributed by atoms with Crippen LogP contribution in [0.2, 0.25) is 0 Å². The monoisotopic (exact) mass is 310 g/mol. The summed E-state index contributed by atoms with van der Waals surface area (Å²) in [5.41, 5.74) is 5.51. The molecule has 1 aromatic heterocycles. The molecule has 5 nitrogen and oxygen atoms in total. The Morgan fingerprint density at radius 2 is 2.11 bits per heavy atom. The standard InChI is InChI=1S/C11H8BrFN4O/c12-7-3-6(1-2-8(7)13)18-10-5-16-9(4-17-10)11(14)15/h1-5H,(H3,14,15). The van der Waals surface area contributed by atoms with E-state index in [2.05, 4.69) is 25.9 Å². The van der Waals surface area contributed by atoms with E-state index in [-0.39, 0.29) is 23.2 Å². The first-order chi connectivity index (χ1) is 8.56. The number of amidine groups is 1. The highest BCUT2D eigenvalue weighted by atomic mass is 79.9. The Bertz CT molecular complexity index is 588. The van der Waals surface area contributed by atoms with Crippen molar-refractivity contribution in [2.24, 2.45) is 5.73 Å². The maximum atomic E-state index is 13.0. The van der Waals surface area contributed by atoms with Crippen LogP contribution in [0.1, 0.15) is 5.69 Å². The lowest BCUT2D eigenvalue weighted by Crippen LogP contribution is -2.13. The third-order valence-corrected chi connectivity index (χ3v) is 2.63. The molecule has 1 heterocycles. The lowest BCUT2D eigenvalue weighted by atomic mass is 10.3. The first-order valence-electron chi connectivity index (χ1n) is 4.85. The van der Waals surface area contributed by atoms with Crippen molar-refractivity contribution >= 4 is 21.8 Å². The van der Waals surface area contributed by atoms with Gasteiger partial charge in [0.05, 0.1) is 16.9 Å². The maximum Gasteiger partial charge on any atom is 0.237 e. The summed E-state index contributed by atoms with van der Waals surface area (Å²) in [6, 6.07) is 4.23. The topological polar surface area (TPSA) is 84.9 Å². The molecule has 0 saturated carbocycles. The average molecular weight is 311 g/mol. The summed E-state index contributed by atoms with van der Waals surface area (Å²) in [5, 5.41) is 7.17. The fourth-order valence-corrected chi connectivity index (χ4v) is 1.53. The summed E-state index contributed by atoms with van der Waals surface area (Å²) in [6.45, 7) is 0. The highest BCUT2D eigenvalue weighted by Crippen LogP contribution is 2.24. The molecule has 2 rings (SSSR count). The Morgan fingerprint density at radius 1 is 1.33 bits per heavy atom. The van der Waals surface area contributed by atoms with Crippen LogP contribution < -0.4 is 10.5 Å². The molecule has 0 atom stereocenters. The minimum Gasteiger partial charge on any atom is -0.437 e. The third-order valence-electron chi connectivity index (χ3n) is 2.02. The van der Waals surface area contributed by atoms with Gasteiger partial charge < -0.3 is 10.5 Å². The number of nitrogens with zero attached hydrogens (tertiary/aromatic N) is 2. The molecule has 0 fully saturated rings. The predicted molar refractivity (Wildman–Crippen MR) is 67.2 cm³/mol. The number of hydrogen-bond acceptors (Lipinski definition) is 4. The molecule has 0 spiro atoms. The van der Waals surface area contributed by atoms with Crippen LogP contribution in [0.5, 0.6) is 11.6 Å². The van der Waals surface area contributed by atoms with Crippen molar-refractivity contribution in [3.05, 3.63) is 46.6 Å². The summed E-state index contributed by atoms with van der Waals surface area (Å²) >= 11 is 3.05. The van der Waals surface area contributed by atoms with E-state index >= 15 is 0 Å². The fourth-order valence-electron chi connectivity index (χ4n) is 1.17. The van der Waals surface area contributed by atoms with Gasteiger partial charge in [-0.1, -0.05) is 0 Å². The fraction of sp³-hybridized carbons (Fsp3) is 0. The molecule has 0 amide bonds. The van der Waals surface area contributed by atoms with Crippen molar-refractivity contribution in [3.63, 3.8) is 0 Å². The van der Waals surface area contributed by atoms with Crippen LogP contribution in [-0.2, 0) is 0 Å². The summed E-state index contributed by atoms with van der Waals surface area (Å²) in [4.78, 5) is 7.82. The molecule has 18 heavy (non-hydrogen) atoms. The van der Waals surface area contributed by atoms with Gasteiger partial charge in [-0.3, -0.25) is 5.41 Å². The number of aromatic nitrogens is 2. The Hall–Kier alpha value is -2.02. The zero-order chi connectivity index (χ0) is 13.1. The van der Waals surface area contributed by atoms with E-state index in [1.54, 1.807) is 0 Å². The van der Waals surface area contributed by atoms with E-state index in [9.17, 15) is 4.39 Å². The molecule has 0 aliphatic heterocycles. The van der Waals surface area contributed by atoms with E-state index in [1.807, 2.05) is 0 Å². The Morgan fingerprint density at radius 3 is 2.67 bits per heavy atom. The molecule has 0 bridgehead atoms. The molecular weight excluding hydrogens is 303 g/mol. The number of nitrogen functional groups attached to an aromatic ring is 1. The number of rotatable bonds is 3. The predicted octanol–water partition coefficient (Wildman–Crippen LogP) is 2.45. The van der Waals surface area contributed by atoms with Crippen LogP contribution in [-0.4, -0.2) is 15.8 Å². The van der Waals surface area contributed by atoms with Crippen LogP contribution in [0, 0.1) is 11.2 Å². The number of ether oxygens (including phenoxy) is 1. The van der Waals surface area contributed by atoms with E-state index < -0.39 is 0 Å². The van der Waals surface area contributed by atoms with E-state index in [0.717, 1.165) is 0 Å². The largest absolute Gasteiger partial charge is 0.437 e. The molecule has 0 aliphatic rings. The average Bonchev–Trinajstić information content (AvgIpc) is 2.34. The van der Waals surface area contributed by atoms with Gasteiger partial charge >= 0.3 is 0 Å². The number of hydrogen-bond donors (Lipinski definition) is 2. The van der Waals surface area contributed by atoms with Crippen molar-refractivity contribution in [1.82, 2.24) is 9.97 Å². The zero-order valence-corrected chi connectivity index (χ0v) is 10.6. The summed E-state index contributed by atoms with van der Waals surface area (Å²) in [5.74, 6) is 0.116. The minimum absolute atomic E-state index is 0.168. The van der Waals surface area contributed by atoms with Gasteiger partial charge in [0, 0.05) is 0 Å². The van der Waals surface area contributed by atoms with Gasteiger partial charge in [-0.25, -0.2) is 14.4 Å². The lowest BCUT2D eigenvalue weighted by Gasteiger charge is -2.05. The van der Waals surface area contributed by atoms with E-state index in [1.165, 1.54) is 30.6 Å². The minimum atomic E-state index is -0.375. The summed E-state index contributed by atoms with van der Waals surface area (Å²) in [7, 11) is 0. The molecule has 0 saturated heterocycles. The van der Waals surface area contributed by atoms with E-state index in [4.69, 9.17) is 15.9 Å². The second-order valence-corrected chi connectivity index (χ2v) is 4.19. The number of benzene rings is 1. The van der Waals surface area contributed by atoms with Gasteiger partial charge in [0.15, 0.2) is 0 Å². The van der Waals surface area contributed by atoms with Crippen LogP contribution in [0.15, 0.2) is 35.1 Å². The normalized spacial score (nSPS) is 10.1. The molecular formula is C11H8BrFN4O. The highest BCUT2D eigenvalue weighted by Gasteiger charge is 2.05. The van der Waals surface area contributed by atoms with Crippen molar-refractivity contribution in [1.29, 1.82) is 5.41 Å². The Kier molecular flexibility index (Phi) is 3.52. The molecule has 1 aromatic carbocycles. The molecule has 2 aromatic rings. The Labute approximate surface area is 110 Å². The van der Waals surface area contributed by atoms with Crippen LogP contribution in [0.3, 0.4) is 0 Å². The quantitative estimate of drug-likeness (QED) is 0.673. The van der Waals surface area contributed by atoms with Crippen LogP contribution >= 0.6 is 15.9 Å². The third kappa shape index (κ3) is 2.80. The molecule has 7 heteroatoms. The van der Waals surface area contributed by atoms with Gasteiger partial charge in [-0.2, -0.15) is 0 Å². The smallest absolute Gasteiger partial charge is 0.237 e. The first kappa shape index (κ1) is 12.4. The number of halogens is 2. The second-order valence-electron chi connectivity index (χ2n) is 3.33. The van der Waals surface area contributed by atoms with Gasteiger partial charge in [0.2, 0.25) is 5.88 Å². The van der Waals surface area contributed by atoms with Crippen molar-refractivity contribution < 1.29 is 9.13 Å². The molecule has 0 unspecified atom stereocenters. The van der Waals surface area contributed by atoms with Crippen LogP contribution in [0.4, 0.5) is 4.39 Å². The SMILES string of the molecule is N=C(N)c1cnc(Oc2ccc(F)c(Br)c2)cn1. The molecule has 0 radical (unpaired) electrons. The van der Waals surface area contributed by atoms with Crippen molar-refractivity contribution in [3.8, 4) is 11.6 Å². The first-order valence-corrected chi connectivity index (χ1v) is 5.65.